The van der Waals surface area contributed by atoms with E-state index < -0.39 is 5.91 Å². The lowest BCUT2D eigenvalue weighted by molar-refractivity contribution is 0.102. The van der Waals surface area contributed by atoms with Gasteiger partial charge in [-0.3, -0.25) is 4.79 Å². The molecule has 0 unspecified atom stereocenters. The predicted octanol–water partition coefficient (Wildman–Crippen LogP) is 2.80. The minimum atomic E-state index is -0.395. The number of phenolic OH excluding ortho intramolecular Hbond substituents is 1. The Balaban J connectivity index is 2.21. The molecule has 2 N–H and O–H groups in total. The van der Waals surface area contributed by atoms with Crippen molar-refractivity contribution in [2.45, 2.75) is 0 Å². The lowest BCUT2D eigenvalue weighted by atomic mass is 10.2. The van der Waals surface area contributed by atoms with Gasteiger partial charge in [0, 0.05) is 10.7 Å². The molecule has 0 radical (unpaired) electrons. The average molecular weight is 293 g/mol. The summed E-state index contributed by atoms with van der Waals surface area (Å²) in [6, 6.07) is 9.89. The first kappa shape index (κ1) is 11.6. The zero-order chi connectivity index (χ0) is 12.3. The summed E-state index contributed by atoms with van der Waals surface area (Å²) in [6.07, 6.45) is 1.58. The number of benzene rings is 1. The summed E-state index contributed by atoms with van der Waals surface area (Å²) in [5.74, 6) is -0.0266. The Hall–Kier alpha value is -1.88. The molecule has 5 heteroatoms. The number of hydrogen-bond acceptors (Lipinski definition) is 3. The van der Waals surface area contributed by atoms with Crippen LogP contribution in [-0.4, -0.2) is 16.0 Å². The van der Waals surface area contributed by atoms with Crippen molar-refractivity contribution >= 4 is 27.7 Å². The maximum Gasteiger partial charge on any atom is 0.260 e. The molecule has 0 aliphatic rings. The number of aromatic nitrogens is 1. The van der Waals surface area contributed by atoms with Crippen LogP contribution < -0.4 is 5.32 Å². The Labute approximate surface area is 106 Å². The van der Waals surface area contributed by atoms with E-state index >= 15 is 0 Å². The largest absolute Gasteiger partial charge is 0.507 e. The second-order valence-electron chi connectivity index (χ2n) is 3.33. The topological polar surface area (TPSA) is 62.2 Å². The third-order valence-electron chi connectivity index (χ3n) is 2.11. The highest BCUT2D eigenvalue weighted by atomic mass is 79.9. The maximum absolute atomic E-state index is 11.8. The molecule has 1 aromatic carbocycles. The van der Waals surface area contributed by atoms with Crippen molar-refractivity contribution in [3.8, 4) is 5.75 Å². The molecule has 86 valence electrons. The summed E-state index contributed by atoms with van der Waals surface area (Å²) >= 11 is 3.21. The van der Waals surface area contributed by atoms with Crippen molar-refractivity contribution < 1.29 is 9.90 Å². The van der Waals surface area contributed by atoms with Crippen molar-refractivity contribution in [1.29, 1.82) is 0 Å². The molecule has 0 atom stereocenters. The molecule has 2 aromatic rings. The number of rotatable bonds is 2. The molecule has 1 amide bonds. The van der Waals surface area contributed by atoms with E-state index in [9.17, 15) is 9.90 Å². The summed E-state index contributed by atoms with van der Waals surface area (Å²) in [5.41, 5.74) is 0.207. The molecule has 0 spiro atoms. The highest BCUT2D eigenvalue weighted by Crippen LogP contribution is 2.22. The first-order valence-electron chi connectivity index (χ1n) is 4.88. The zero-order valence-corrected chi connectivity index (χ0v) is 10.3. The Morgan fingerprint density at radius 3 is 2.76 bits per heavy atom. The highest BCUT2D eigenvalue weighted by Gasteiger charge is 2.11. The molecule has 17 heavy (non-hydrogen) atoms. The average Bonchev–Trinajstić information content (AvgIpc) is 2.30. The fraction of sp³-hybridized carbons (Fsp3) is 0. The second-order valence-corrected chi connectivity index (χ2v) is 4.25. The van der Waals surface area contributed by atoms with Gasteiger partial charge in [-0.2, -0.15) is 0 Å². The molecule has 2 rings (SSSR count). The van der Waals surface area contributed by atoms with Gasteiger partial charge >= 0.3 is 0 Å². The van der Waals surface area contributed by atoms with Crippen molar-refractivity contribution in [2.24, 2.45) is 0 Å². The number of halogens is 1. The molecule has 0 aliphatic carbocycles. The van der Waals surface area contributed by atoms with Crippen LogP contribution in [-0.2, 0) is 0 Å². The van der Waals surface area contributed by atoms with Gasteiger partial charge in [0.15, 0.2) is 0 Å². The first-order chi connectivity index (χ1) is 8.16. The fourth-order valence-electron chi connectivity index (χ4n) is 1.32. The van der Waals surface area contributed by atoms with Crippen molar-refractivity contribution in [2.75, 3.05) is 5.32 Å². The van der Waals surface area contributed by atoms with Crippen LogP contribution in [0.3, 0.4) is 0 Å². The van der Waals surface area contributed by atoms with E-state index in [0.717, 1.165) is 0 Å². The molecule has 1 heterocycles. The molecule has 0 aliphatic heterocycles. The zero-order valence-electron chi connectivity index (χ0n) is 8.72. The van der Waals surface area contributed by atoms with Gasteiger partial charge in [0.05, 0.1) is 5.56 Å². The van der Waals surface area contributed by atoms with E-state index in [0.29, 0.717) is 10.3 Å². The number of carbonyl (C=O) groups is 1. The third kappa shape index (κ3) is 2.82. The minimum absolute atomic E-state index is 0.0761. The minimum Gasteiger partial charge on any atom is -0.507 e. The Morgan fingerprint density at radius 1 is 1.29 bits per heavy atom. The Bertz CT molecular complexity index is 543. The lowest BCUT2D eigenvalue weighted by Gasteiger charge is -2.06. The number of hydrogen-bond donors (Lipinski definition) is 2. The molecule has 0 bridgehead atoms. The molecule has 0 saturated carbocycles. The number of carbonyl (C=O) groups excluding carboxylic acids is 1. The van der Waals surface area contributed by atoms with Crippen molar-refractivity contribution in [1.82, 2.24) is 4.98 Å². The van der Waals surface area contributed by atoms with Gasteiger partial charge in [-0.05, 0) is 30.3 Å². The van der Waals surface area contributed by atoms with E-state index in [1.807, 2.05) is 0 Å². The quantitative estimate of drug-likeness (QED) is 0.895. The number of anilines is 1. The van der Waals surface area contributed by atoms with Crippen LogP contribution in [0, 0.1) is 0 Å². The van der Waals surface area contributed by atoms with Crippen LogP contribution in [0.25, 0.3) is 0 Å². The van der Waals surface area contributed by atoms with Crippen molar-refractivity contribution in [3.05, 3.63) is 52.6 Å². The Morgan fingerprint density at radius 2 is 2.12 bits per heavy atom. The number of pyridine rings is 1. The van der Waals surface area contributed by atoms with E-state index in [2.05, 4.69) is 26.2 Å². The van der Waals surface area contributed by atoms with Gasteiger partial charge in [0.25, 0.3) is 5.91 Å². The van der Waals surface area contributed by atoms with Crippen LogP contribution in [0.5, 0.6) is 5.75 Å². The van der Waals surface area contributed by atoms with Crippen LogP contribution in [0.1, 0.15) is 10.4 Å². The van der Waals surface area contributed by atoms with Gasteiger partial charge < -0.3 is 10.4 Å². The van der Waals surface area contributed by atoms with Crippen LogP contribution >= 0.6 is 15.9 Å². The third-order valence-corrected chi connectivity index (χ3v) is 2.60. The number of phenols is 1. The normalized spacial score (nSPS) is 9.94. The van der Waals surface area contributed by atoms with E-state index in [1.54, 1.807) is 30.5 Å². The number of aromatic hydroxyl groups is 1. The summed E-state index contributed by atoms with van der Waals surface area (Å²) in [6.45, 7) is 0. The van der Waals surface area contributed by atoms with E-state index in [-0.39, 0.29) is 11.3 Å². The monoisotopic (exact) mass is 292 g/mol. The summed E-state index contributed by atoms with van der Waals surface area (Å²) in [5, 5.41) is 12.2. The SMILES string of the molecule is O=C(Nc1ccccn1)c1ccc(Br)cc1O. The highest BCUT2D eigenvalue weighted by molar-refractivity contribution is 9.10. The van der Waals surface area contributed by atoms with Crippen LogP contribution in [0.2, 0.25) is 0 Å². The van der Waals surface area contributed by atoms with E-state index in [4.69, 9.17) is 0 Å². The standard InChI is InChI=1S/C12H9BrN2O2/c13-8-4-5-9(10(16)7-8)12(17)15-11-3-1-2-6-14-11/h1-7,16H,(H,14,15,17). The molecule has 0 saturated heterocycles. The molecule has 0 fully saturated rings. The number of amides is 1. The summed E-state index contributed by atoms with van der Waals surface area (Å²) < 4.78 is 0.712. The van der Waals surface area contributed by atoms with Crippen LogP contribution in [0.15, 0.2) is 47.1 Å². The van der Waals surface area contributed by atoms with Gasteiger partial charge in [0.2, 0.25) is 0 Å². The lowest BCUT2D eigenvalue weighted by Crippen LogP contribution is -2.12. The first-order valence-corrected chi connectivity index (χ1v) is 5.67. The number of nitrogens with zero attached hydrogens (tertiary/aromatic N) is 1. The Kier molecular flexibility index (Phi) is 3.39. The molecular formula is C12H9BrN2O2. The van der Waals surface area contributed by atoms with Gasteiger partial charge in [-0.1, -0.05) is 22.0 Å². The molecule has 4 nitrogen and oxygen atoms in total. The van der Waals surface area contributed by atoms with Gasteiger partial charge in [0.1, 0.15) is 11.6 Å². The smallest absolute Gasteiger partial charge is 0.260 e. The van der Waals surface area contributed by atoms with Crippen LogP contribution in [0.4, 0.5) is 5.82 Å². The summed E-state index contributed by atoms with van der Waals surface area (Å²) in [7, 11) is 0. The van der Waals surface area contributed by atoms with Crippen molar-refractivity contribution in [3.63, 3.8) is 0 Å². The summed E-state index contributed by atoms with van der Waals surface area (Å²) in [4.78, 5) is 15.8. The fourth-order valence-corrected chi connectivity index (χ4v) is 1.67. The van der Waals surface area contributed by atoms with Gasteiger partial charge in [-0.15, -0.1) is 0 Å². The molecule has 1 aromatic heterocycles. The predicted molar refractivity (Wildman–Crippen MR) is 68.0 cm³/mol. The number of nitrogens with one attached hydrogen (secondary N) is 1. The molecular weight excluding hydrogens is 284 g/mol. The maximum atomic E-state index is 11.8. The second kappa shape index (κ2) is 4.97. The van der Waals surface area contributed by atoms with E-state index in [1.165, 1.54) is 12.1 Å². The van der Waals surface area contributed by atoms with Gasteiger partial charge in [-0.25, -0.2) is 4.98 Å².